The number of nitrogens with one attached hydrogen (secondary N) is 1. The summed E-state index contributed by atoms with van der Waals surface area (Å²) in [5, 5.41) is 13.1. The zero-order valence-corrected chi connectivity index (χ0v) is 19.9. The van der Waals surface area contributed by atoms with Gasteiger partial charge in [0.2, 0.25) is 0 Å². The van der Waals surface area contributed by atoms with Crippen molar-refractivity contribution in [2.24, 2.45) is 4.99 Å². The third kappa shape index (κ3) is 5.21. The average molecular weight is 476 g/mol. The largest absolute Gasteiger partial charge is 0.495 e. The van der Waals surface area contributed by atoms with E-state index in [1.54, 1.807) is 56.0 Å². The number of ether oxygens (including phenoxy) is 3. The molecule has 4 rings (SSSR count). The lowest BCUT2D eigenvalue weighted by Crippen LogP contribution is -2.20. The van der Waals surface area contributed by atoms with Crippen LogP contribution in [0.1, 0.15) is 34.4 Å². The highest BCUT2D eigenvalue weighted by molar-refractivity contribution is 7.16. The van der Waals surface area contributed by atoms with Gasteiger partial charge < -0.3 is 19.5 Å². The van der Waals surface area contributed by atoms with Gasteiger partial charge in [-0.15, -0.1) is 11.3 Å². The van der Waals surface area contributed by atoms with Crippen molar-refractivity contribution in [3.05, 3.63) is 64.0 Å². The summed E-state index contributed by atoms with van der Waals surface area (Å²) in [6, 6.07) is 14.9. The summed E-state index contributed by atoms with van der Waals surface area (Å²) in [6.45, 7) is -0.186. The van der Waals surface area contributed by atoms with Gasteiger partial charge in [-0.05, 0) is 67.1 Å². The van der Waals surface area contributed by atoms with Crippen molar-refractivity contribution >= 4 is 34.1 Å². The molecule has 0 fully saturated rings. The van der Waals surface area contributed by atoms with Crippen LogP contribution >= 0.6 is 11.3 Å². The van der Waals surface area contributed by atoms with Crippen LogP contribution in [-0.2, 0) is 17.6 Å². The molecule has 0 radical (unpaired) electrons. The van der Waals surface area contributed by atoms with Crippen LogP contribution in [0, 0.1) is 11.3 Å². The molecule has 8 heteroatoms. The molecule has 1 aliphatic carbocycles. The molecular formula is C26H25N3O4S. The fourth-order valence-electron chi connectivity index (χ4n) is 3.85. The number of nitrogens with zero attached hydrogens (tertiary/aromatic N) is 2. The smallest absolute Gasteiger partial charge is 0.262 e. The summed E-state index contributed by atoms with van der Waals surface area (Å²) >= 11 is 1.60. The zero-order valence-electron chi connectivity index (χ0n) is 19.1. The quantitative estimate of drug-likeness (QED) is 0.447. The van der Waals surface area contributed by atoms with Crippen LogP contribution in [0.4, 0.5) is 10.7 Å². The van der Waals surface area contributed by atoms with Gasteiger partial charge in [0.05, 0.1) is 25.5 Å². The highest BCUT2D eigenvalue weighted by atomic mass is 32.1. The lowest BCUT2D eigenvalue weighted by Gasteiger charge is -2.12. The number of amides is 1. The Bertz CT molecular complexity index is 1260. The summed E-state index contributed by atoms with van der Waals surface area (Å²) in [7, 11) is 3.09. The van der Waals surface area contributed by atoms with Crippen molar-refractivity contribution in [3.8, 4) is 23.3 Å². The first-order chi connectivity index (χ1) is 16.6. The van der Waals surface area contributed by atoms with E-state index < -0.39 is 0 Å². The number of fused-ring (bicyclic) bond motifs is 1. The first-order valence-electron chi connectivity index (χ1n) is 11.0. The van der Waals surface area contributed by atoms with Gasteiger partial charge in [-0.3, -0.25) is 4.79 Å². The average Bonchev–Trinajstić information content (AvgIpc) is 3.24. The molecule has 1 amide bonds. The van der Waals surface area contributed by atoms with E-state index in [0.717, 1.165) is 36.2 Å². The molecule has 1 N–H and O–H groups in total. The van der Waals surface area contributed by atoms with E-state index in [-0.39, 0.29) is 12.5 Å². The third-order valence-corrected chi connectivity index (χ3v) is 6.72. The van der Waals surface area contributed by atoms with Crippen molar-refractivity contribution < 1.29 is 19.0 Å². The first kappa shape index (κ1) is 23.3. The van der Waals surface area contributed by atoms with Crippen LogP contribution in [0.15, 0.2) is 47.5 Å². The van der Waals surface area contributed by atoms with Crippen molar-refractivity contribution in [3.63, 3.8) is 0 Å². The standard InChI is InChI=1S/C26H25N3O4S/c1-31-21-9-5-4-8-20(21)29-25(30)16-33-22-12-11-17(13-23(22)32-2)15-28-26-19(14-27)18-7-3-6-10-24(18)34-26/h4-5,8-9,11-13,15H,3,6-7,10,16H2,1-2H3,(H,29,30). The fourth-order valence-corrected chi connectivity index (χ4v) is 5.04. The Hall–Kier alpha value is -3.83. The number of benzene rings is 2. The molecule has 1 aliphatic rings. The van der Waals surface area contributed by atoms with Crippen molar-refractivity contribution in [1.29, 1.82) is 5.26 Å². The number of nitriles is 1. The van der Waals surface area contributed by atoms with Crippen molar-refractivity contribution in [2.75, 3.05) is 26.1 Å². The summed E-state index contributed by atoms with van der Waals surface area (Å²) in [5.41, 5.74) is 3.24. The first-order valence-corrected chi connectivity index (χ1v) is 11.8. The number of hydrogen-bond donors (Lipinski definition) is 1. The monoisotopic (exact) mass is 475 g/mol. The Morgan fingerprint density at radius 3 is 2.71 bits per heavy atom. The normalized spacial score (nSPS) is 12.6. The number of thiophene rings is 1. The molecule has 1 aromatic heterocycles. The number of anilines is 1. The second kappa shape index (κ2) is 10.9. The maximum absolute atomic E-state index is 12.3. The number of carbonyl (C=O) groups excluding carboxylic acids is 1. The Morgan fingerprint density at radius 2 is 1.91 bits per heavy atom. The second-order valence-corrected chi connectivity index (χ2v) is 8.79. The highest BCUT2D eigenvalue weighted by Gasteiger charge is 2.20. The minimum absolute atomic E-state index is 0.186. The number of methoxy groups -OCH3 is 2. The van der Waals surface area contributed by atoms with Crippen LogP contribution in [0.25, 0.3) is 0 Å². The van der Waals surface area contributed by atoms with Gasteiger partial charge in [0.25, 0.3) is 5.91 Å². The number of para-hydroxylation sites is 2. The van der Waals surface area contributed by atoms with Gasteiger partial charge in [-0.1, -0.05) is 12.1 Å². The van der Waals surface area contributed by atoms with E-state index in [9.17, 15) is 10.1 Å². The maximum atomic E-state index is 12.3. The van der Waals surface area contributed by atoms with E-state index in [1.807, 2.05) is 18.2 Å². The molecule has 0 saturated heterocycles. The molecular weight excluding hydrogens is 450 g/mol. The summed E-state index contributed by atoms with van der Waals surface area (Å²) in [4.78, 5) is 18.2. The minimum atomic E-state index is -0.317. The third-order valence-electron chi connectivity index (χ3n) is 5.52. The Kier molecular flexibility index (Phi) is 7.45. The zero-order chi connectivity index (χ0) is 23.9. The van der Waals surface area contributed by atoms with Gasteiger partial charge >= 0.3 is 0 Å². The van der Waals surface area contributed by atoms with Crippen LogP contribution in [0.2, 0.25) is 0 Å². The summed E-state index contributed by atoms with van der Waals surface area (Å²) in [5.74, 6) is 1.19. The minimum Gasteiger partial charge on any atom is -0.495 e. The number of hydrogen-bond acceptors (Lipinski definition) is 7. The van der Waals surface area contributed by atoms with E-state index >= 15 is 0 Å². The molecule has 174 valence electrons. The Labute approximate surface area is 202 Å². The second-order valence-electron chi connectivity index (χ2n) is 7.71. The van der Waals surface area contributed by atoms with Crippen LogP contribution in [0.5, 0.6) is 17.2 Å². The molecule has 34 heavy (non-hydrogen) atoms. The molecule has 3 aromatic rings. The fraction of sp³-hybridized carbons (Fsp3) is 0.269. The van der Waals surface area contributed by atoms with Gasteiger partial charge in [0.1, 0.15) is 16.8 Å². The molecule has 1 heterocycles. The molecule has 0 bridgehead atoms. The molecule has 0 atom stereocenters. The molecule has 0 unspecified atom stereocenters. The van der Waals surface area contributed by atoms with E-state index in [0.29, 0.717) is 28.5 Å². The van der Waals surface area contributed by atoms with Gasteiger partial charge in [-0.2, -0.15) is 5.26 Å². The lowest BCUT2D eigenvalue weighted by atomic mass is 9.96. The number of aryl methyl sites for hydroxylation is 1. The molecule has 2 aromatic carbocycles. The summed E-state index contributed by atoms with van der Waals surface area (Å²) < 4.78 is 16.4. The Morgan fingerprint density at radius 1 is 1.12 bits per heavy atom. The number of aliphatic imine (C=N–C) groups is 1. The molecule has 0 spiro atoms. The van der Waals surface area contributed by atoms with E-state index in [4.69, 9.17) is 14.2 Å². The van der Waals surface area contributed by atoms with E-state index in [1.165, 1.54) is 10.4 Å². The van der Waals surface area contributed by atoms with Crippen molar-refractivity contribution in [2.45, 2.75) is 25.7 Å². The van der Waals surface area contributed by atoms with E-state index in [2.05, 4.69) is 16.4 Å². The predicted molar refractivity (Wildman–Crippen MR) is 133 cm³/mol. The van der Waals surface area contributed by atoms with Crippen LogP contribution in [-0.4, -0.2) is 32.9 Å². The van der Waals surface area contributed by atoms with Crippen LogP contribution in [0.3, 0.4) is 0 Å². The van der Waals surface area contributed by atoms with Gasteiger partial charge in [0, 0.05) is 11.1 Å². The Balaban J connectivity index is 1.43. The van der Waals surface area contributed by atoms with Gasteiger partial charge in [0.15, 0.2) is 18.1 Å². The topological polar surface area (TPSA) is 92.9 Å². The highest BCUT2D eigenvalue weighted by Crippen LogP contribution is 2.39. The molecule has 7 nitrogen and oxygen atoms in total. The number of rotatable bonds is 8. The van der Waals surface area contributed by atoms with Gasteiger partial charge in [-0.25, -0.2) is 4.99 Å². The lowest BCUT2D eigenvalue weighted by molar-refractivity contribution is -0.118. The SMILES string of the molecule is COc1ccccc1NC(=O)COc1ccc(C=Nc2sc3c(c2C#N)CCCC3)cc1OC. The van der Waals surface area contributed by atoms with Crippen molar-refractivity contribution in [1.82, 2.24) is 0 Å². The predicted octanol–water partition coefficient (Wildman–Crippen LogP) is 5.28. The summed E-state index contributed by atoms with van der Waals surface area (Å²) in [6.07, 6.45) is 5.98. The molecule has 0 aliphatic heterocycles. The molecule has 0 saturated carbocycles. The number of carbonyl (C=O) groups is 1. The maximum Gasteiger partial charge on any atom is 0.262 e. The van der Waals surface area contributed by atoms with Crippen LogP contribution < -0.4 is 19.5 Å².